The van der Waals surface area contributed by atoms with Gasteiger partial charge in [0, 0.05) is 53.1 Å². The molecule has 0 spiro atoms. The molecule has 0 rings (SSSR count). The number of nitrogens with zero attached hydrogens (tertiary/aromatic N) is 3. The van der Waals surface area contributed by atoms with Gasteiger partial charge < -0.3 is 14.7 Å². The molecule has 0 aromatic heterocycles. The lowest BCUT2D eigenvalue weighted by Gasteiger charge is -2.26. The topological polar surface area (TPSA) is 60.9 Å². The summed E-state index contributed by atoms with van der Waals surface area (Å²) >= 11 is 0. The lowest BCUT2D eigenvalue weighted by Crippen LogP contribution is -2.36. The second kappa shape index (κ2) is 11.9. The zero-order valence-electron chi connectivity index (χ0n) is 16.2. The fourth-order valence-electron chi connectivity index (χ4n) is 2.55. The fraction of sp³-hybridized carbons (Fsp3) is 0.778. The predicted molar refractivity (Wildman–Crippen MR) is 96.3 cm³/mol. The highest BCUT2D eigenvalue weighted by atomic mass is 16.2. The zero-order valence-corrected chi connectivity index (χ0v) is 16.2. The molecule has 0 aliphatic heterocycles. The fourth-order valence-corrected chi connectivity index (χ4v) is 2.55. The first kappa shape index (κ1) is 22.4. The number of hydrogen-bond acceptors (Lipinski definition) is 3. The summed E-state index contributed by atoms with van der Waals surface area (Å²) in [5, 5.41) is 0. The normalized spacial score (nSPS) is 10.6. The molecule has 0 unspecified atom stereocenters. The van der Waals surface area contributed by atoms with Crippen LogP contribution >= 0.6 is 0 Å². The van der Waals surface area contributed by atoms with E-state index >= 15 is 0 Å². The monoisotopic (exact) mass is 340 g/mol. The van der Waals surface area contributed by atoms with Gasteiger partial charge in [0.2, 0.25) is 17.7 Å². The van der Waals surface area contributed by atoms with Crippen LogP contribution in [0.25, 0.3) is 0 Å². The van der Waals surface area contributed by atoms with E-state index in [-0.39, 0.29) is 17.7 Å². The second-order valence-corrected chi connectivity index (χ2v) is 5.94. The lowest BCUT2D eigenvalue weighted by atomic mass is 9.95. The molecule has 0 heterocycles. The van der Waals surface area contributed by atoms with Crippen molar-refractivity contribution in [2.75, 3.05) is 40.3 Å². The predicted octanol–water partition coefficient (Wildman–Crippen LogP) is 1.95. The quantitative estimate of drug-likeness (QED) is 0.577. The summed E-state index contributed by atoms with van der Waals surface area (Å²) in [7, 11) is 3.41. The van der Waals surface area contributed by atoms with Crippen molar-refractivity contribution >= 4 is 17.7 Å². The van der Waals surface area contributed by atoms with Crippen LogP contribution in [0.3, 0.4) is 0 Å². The van der Waals surface area contributed by atoms with E-state index in [9.17, 15) is 14.4 Å². The van der Waals surface area contributed by atoms with Gasteiger partial charge in [-0.15, -0.1) is 0 Å². The molecule has 0 aromatic rings. The minimum Gasteiger partial charge on any atom is -0.349 e. The van der Waals surface area contributed by atoms with Crippen LogP contribution in [0, 0.1) is 5.92 Å². The minimum absolute atomic E-state index is 0.00471. The van der Waals surface area contributed by atoms with E-state index in [1.165, 1.54) is 4.90 Å². The third kappa shape index (κ3) is 7.32. The maximum atomic E-state index is 12.6. The Morgan fingerprint density at radius 1 is 0.625 bits per heavy atom. The molecule has 0 N–H and O–H groups in total. The molecule has 0 saturated carbocycles. The van der Waals surface area contributed by atoms with Crippen LogP contribution in [0.4, 0.5) is 0 Å². The largest absolute Gasteiger partial charge is 0.349 e. The van der Waals surface area contributed by atoms with E-state index in [1.54, 1.807) is 23.9 Å². The van der Waals surface area contributed by atoms with Crippen molar-refractivity contribution < 1.29 is 14.4 Å². The molecule has 0 atom stereocenters. The first-order valence-corrected chi connectivity index (χ1v) is 8.94. The van der Waals surface area contributed by atoms with E-state index < -0.39 is 0 Å². The Labute approximate surface area is 147 Å². The van der Waals surface area contributed by atoms with Gasteiger partial charge in [-0.3, -0.25) is 14.4 Å². The van der Waals surface area contributed by atoms with Crippen molar-refractivity contribution in [3.8, 4) is 0 Å². The Balaban J connectivity index is 4.88. The van der Waals surface area contributed by atoms with Crippen LogP contribution in [0.5, 0.6) is 0 Å². The van der Waals surface area contributed by atoms with Gasteiger partial charge in [-0.25, -0.2) is 0 Å². The molecule has 0 aliphatic rings. The van der Waals surface area contributed by atoms with Crippen LogP contribution in [0.2, 0.25) is 0 Å². The molecular weight excluding hydrogens is 306 g/mol. The van der Waals surface area contributed by atoms with Crippen LogP contribution in [0.15, 0.2) is 0 Å². The number of carbonyl (C=O) groups excluding carboxylic acids is 3. The van der Waals surface area contributed by atoms with Gasteiger partial charge in [-0.2, -0.15) is 0 Å². The first-order chi connectivity index (χ1) is 11.3. The third-order valence-electron chi connectivity index (χ3n) is 4.25. The molecule has 0 bridgehead atoms. The van der Waals surface area contributed by atoms with Crippen molar-refractivity contribution in [2.24, 2.45) is 0 Å². The van der Waals surface area contributed by atoms with Gasteiger partial charge in [-0.05, 0) is 40.5 Å². The molecule has 6 heteroatoms. The molecule has 1 radical (unpaired) electrons. The number of hydrogen-bond donors (Lipinski definition) is 0. The standard InChI is InChI=1S/C18H34N3O3/c1-7-20(8-2)17(23)14-12-15(11-13-16(22)19(5)6)18(24)21(9-3)10-4/h7-14H2,1-6H3. The lowest BCUT2D eigenvalue weighted by molar-refractivity contribution is -0.131. The molecular formula is C18H34N3O3. The molecule has 0 aromatic carbocycles. The SMILES string of the molecule is CCN(CC)C(=O)CC[C](CCC(=O)N(C)C)C(=O)N(CC)CC. The molecule has 0 fully saturated rings. The van der Waals surface area contributed by atoms with Gasteiger partial charge in [0.05, 0.1) is 5.92 Å². The molecule has 139 valence electrons. The highest BCUT2D eigenvalue weighted by Crippen LogP contribution is 2.21. The van der Waals surface area contributed by atoms with Crippen LogP contribution in [-0.4, -0.2) is 72.7 Å². The summed E-state index contributed by atoms with van der Waals surface area (Å²) in [4.78, 5) is 41.7. The number of carbonyl (C=O) groups is 3. The van der Waals surface area contributed by atoms with Gasteiger partial charge in [0.1, 0.15) is 0 Å². The van der Waals surface area contributed by atoms with Gasteiger partial charge in [-0.1, -0.05) is 0 Å². The Bertz CT molecular complexity index is 402. The van der Waals surface area contributed by atoms with E-state index in [0.717, 1.165) is 0 Å². The maximum Gasteiger partial charge on any atom is 0.229 e. The number of rotatable bonds is 11. The van der Waals surface area contributed by atoms with Crippen molar-refractivity contribution in [1.29, 1.82) is 0 Å². The first-order valence-electron chi connectivity index (χ1n) is 8.94. The highest BCUT2D eigenvalue weighted by Gasteiger charge is 2.26. The van der Waals surface area contributed by atoms with Crippen LogP contribution in [0.1, 0.15) is 53.4 Å². The van der Waals surface area contributed by atoms with Crippen molar-refractivity contribution in [1.82, 2.24) is 14.7 Å². The highest BCUT2D eigenvalue weighted by molar-refractivity contribution is 5.91. The average molecular weight is 340 g/mol. The van der Waals surface area contributed by atoms with E-state index in [4.69, 9.17) is 0 Å². The molecule has 6 nitrogen and oxygen atoms in total. The summed E-state index contributed by atoms with van der Waals surface area (Å²) in [5.41, 5.74) is 0. The van der Waals surface area contributed by atoms with Crippen molar-refractivity contribution in [3.63, 3.8) is 0 Å². The summed E-state index contributed by atoms with van der Waals surface area (Å²) in [6.07, 6.45) is 1.46. The third-order valence-corrected chi connectivity index (χ3v) is 4.25. The minimum atomic E-state index is -0.0288. The molecule has 0 saturated heterocycles. The van der Waals surface area contributed by atoms with Crippen LogP contribution < -0.4 is 0 Å². The summed E-state index contributed by atoms with van der Waals surface area (Å²) in [6, 6.07) is 0. The smallest absolute Gasteiger partial charge is 0.229 e. The van der Waals surface area contributed by atoms with Crippen LogP contribution in [-0.2, 0) is 14.4 Å². The Kier molecular flexibility index (Phi) is 11.1. The van der Waals surface area contributed by atoms with Gasteiger partial charge >= 0.3 is 0 Å². The molecule has 3 amide bonds. The van der Waals surface area contributed by atoms with Gasteiger partial charge in [0.15, 0.2) is 0 Å². The van der Waals surface area contributed by atoms with Crippen molar-refractivity contribution in [2.45, 2.75) is 53.4 Å². The summed E-state index contributed by atoms with van der Waals surface area (Å²) < 4.78 is 0. The Morgan fingerprint density at radius 3 is 1.42 bits per heavy atom. The van der Waals surface area contributed by atoms with E-state index in [1.807, 2.05) is 27.7 Å². The summed E-state index contributed by atoms with van der Waals surface area (Å²) in [5.74, 6) is 0.701. The Morgan fingerprint density at radius 2 is 1.04 bits per heavy atom. The molecule has 24 heavy (non-hydrogen) atoms. The second-order valence-electron chi connectivity index (χ2n) is 5.94. The maximum absolute atomic E-state index is 12.6. The Hall–Kier alpha value is -1.59. The van der Waals surface area contributed by atoms with Gasteiger partial charge in [0.25, 0.3) is 0 Å². The average Bonchev–Trinajstić information content (AvgIpc) is 2.56. The van der Waals surface area contributed by atoms with Crippen molar-refractivity contribution in [3.05, 3.63) is 5.92 Å². The number of amides is 3. The van der Waals surface area contributed by atoms with E-state index in [0.29, 0.717) is 57.8 Å². The zero-order chi connectivity index (χ0) is 18.7. The molecule has 0 aliphatic carbocycles. The summed E-state index contributed by atoms with van der Waals surface area (Å²) in [6.45, 7) is 10.4. The van der Waals surface area contributed by atoms with E-state index in [2.05, 4.69) is 0 Å².